The molecule has 5 heteroatoms. The molecule has 0 saturated heterocycles. The molecule has 0 aliphatic rings. The summed E-state index contributed by atoms with van der Waals surface area (Å²) in [5.74, 6) is -0.666. The monoisotopic (exact) mass is 378 g/mol. The molecule has 0 unspecified atom stereocenters. The first-order valence-corrected chi connectivity index (χ1v) is 9.18. The largest absolute Gasteiger partial charge is 0.385 e. The lowest BCUT2D eigenvalue weighted by Crippen LogP contribution is -2.35. The summed E-state index contributed by atoms with van der Waals surface area (Å²) in [5.41, 5.74) is 2.75. The van der Waals surface area contributed by atoms with E-state index in [9.17, 15) is 9.59 Å². The number of methoxy groups -OCH3 is 1. The molecule has 2 aromatic rings. The minimum Gasteiger partial charge on any atom is -0.385 e. The summed E-state index contributed by atoms with van der Waals surface area (Å²) in [6.45, 7) is 2.98. The lowest BCUT2D eigenvalue weighted by Gasteiger charge is -2.10. The lowest BCUT2D eigenvalue weighted by atomic mass is 10.1. The summed E-state index contributed by atoms with van der Waals surface area (Å²) >= 11 is 0. The molecule has 0 fully saturated rings. The fourth-order valence-corrected chi connectivity index (χ4v) is 2.41. The maximum absolute atomic E-state index is 12.5. The Balaban J connectivity index is 2.11. The summed E-state index contributed by atoms with van der Waals surface area (Å²) in [4.78, 5) is 25.0. The zero-order valence-corrected chi connectivity index (χ0v) is 16.3. The predicted molar refractivity (Wildman–Crippen MR) is 112 cm³/mol. The van der Waals surface area contributed by atoms with Crippen LogP contribution in [0.2, 0.25) is 0 Å². The molecule has 2 amide bonds. The number of aryl methyl sites for hydroxylation is 1. The topological polar surface area (TPSA) is 67.4 Å². The van der Waals surface area contributed by atoms with E-state index in [1.165, 1.54) is 0 Å². The Hall–Kier alpha value is -3.18. The number of carbonyl (C=O) groups is 2. The highest BCUT2D eigenvalue weighted by atomic mass is 16.5. The molecule has 2 aromatic carbocycles. The number of rotatable bonds is 9. The van der Waals surface area contributed by atoms with Crippen LogP contribution in [0, 0.1) is 6.92 Å². The highest BCUT2D eigenvalue weighted by Gasteiger charge is 2.13. The molecule has 0 heterocycles. The number of ether oxygens (including phenoxy) is 1. The number of nitrogens with one attached hydrogen (secondary N) is 2. The van der Waals surface area contributed by atoms with Gasteiger partial charge in [-0.3, -0.25) is 9.59 Å². The maximum Gasteiger partial charge on any atom is 0.267 e. The Morgan fingerprint density at radius 3 is 2.43 bits per heavy atom. The van der Waals surface area contributed by atoms with Crippen LogP contribution in [-0.4, -0.2) is 32.1 Å². The van der Waals surface area contributed by atoms with Crippen molar-refractivity contribution in [2.45, 2.75) is 13.3 Å². The fraction of sp³-hybridized carbons (Fsp3) is 0.217. The molecule has 0 spiro atoms. The van der Waals surface area contributed by atoms with E-state index in [0.29, 0.717) is 25.1 Å². The van der Waals surface area contributed by atoms with Crippen LogP contribution in [0.4, 0.5) is 0 Å². The normalized spacial score (nSPS) is 11.4. The number of hydrogen-bond donors (Lipinski definition) is 2. The number of amides is 2. The van der Waals surface area contributed by atoms with Gasteiger partial charge in [-0.15, -0.1) is 0 Å². The molecule has 0 saturated carbocycles. The third-order valence-corrected chi connectivity index (χ3v) is 3.97. The smallest absolute Gasteiger partial charge is 0.267 e. The molecule has 0 aliphatic heterocycles. The number of carbonyl (C=O) groups excluding carboxylic acids is 2. The maximum atomic E-state index is 12.5. The minimum atomic E-state index is -0.339. The highest BCUT2D eigenvalue weighted by molar-refractivity contribution is 6.03. The molecule has 2 N–H and O–H groups in total. The van der Waals surface area contributed by atoms with Gasteiger partial charge in [-0.25, -0.2) is 0 Å². The van der Waals surface area contributed by atoms with E-state index in [4.69, 9.17) is 4.74 Å². The molecule has 5 nitrogen and oxygen atoms in total. The second-order valence-corrected chi connectivity index (χ2v) is 6.27. The van der Waals surface area contributed by atoms with Gasteiger partial charge in [0, 0.05) is 25.8 Å². The zero-order chi connectivity index (χ0) is 20.2. The Morgan fingerprint density at radius 1 is 1.04 bits per heavy atom. The van der Waals surface area contributed by atoms with Crippen molar-refractivity contribution in [1.82, 2.24) is 10.6 Å². The van der Waals surface area contributed by atoms with Gasteiger partial charge in [0.1, 0.15) is 5.70 Å². The first kappa shape index (κ1) is 21.1. The first-order chi connectivity index (χ1) is 13.6. The highest BCUT2D eigenvalue weighted by Crippen LogP contribution is 2.06. The van der Waals surface area contributed by atoms with Gasteiger partial charge in [0.25, 0.3) is 11.8 Å². The quantitative estimate of drug-likeness (QED) is 0.399. The second-order valence-electron chi connectivity index (χ2n) is 6.27. The van der Waals surface area contributed by atoms with Crippen LogP contribution in [0.25, 0.3) is 6.08 Å². The molecular weight excluding hydrogens is 352 g/mol. The van der Waals surface area contributed by atoms with Gasteiger partial charge in [-0.1, -0.05) is 60.2 Å². The van der Waals surface area contributed by atoms with Gasteiger partial charge in [-0.2, -0.15) is 0 Å². The lowest BCUT2D eigenvalue weighted by molar-refractivity contribution is -0.117. The van der Waals surface area contributed by atoms with Gasteiger partial charge in [0.2, 0.25) is 0 Å². The van der Waals surface area contributed by atoms with Crippen molar-refractivity contribution < 1.29 is 14.3 Å². The number of hydrogen-bond acceptors (Lipinski definition) is 3. The van der Waals surface area contributed by atoms with Gasteiger partial charge in [0.05, 0.1) is 0 Å². The third-order valence-electron chi connectivity index (χ3n) is 3.97. The average Bonchev–Trinajstić information content (AvgIpc) is 2.71. The van der Waals surface area contributed by atoms with Crippen molar-refractivity contribution in [2.75, 3.05) is 20.3 Å². The number of benzene rings is 2. The van der Waals surface area contributed by atoms with Crippen LogP contribution < -0.4 is 10.6 Å². The van der Waals surface area contributed by atoms with Crippen molar-refractivity contribution in [3.8, 4) is 0 Å². The van der Waals surface area contributed by atoms with Gasteiger partial charge >= 0.3 is 0 Å². The molecule has 0 bridgehead atoms. The summed E-state index contributed by atoms with van der Waals surface area (Å²) in [5, 5.41) is 5.50. The van der Waals surface area contributed by atoms with Crippen LogP contribution in [0.1, 0.15) is 27.9 Å². The van der Waals surface area contributed by atoms with E-state index in [1.807, 2.05) is 55.5 Å². The average molecular weight is 378 g/mol. The van der Waals surface area contributed by atoms with E-state index < -0.39 is 0 Å². The molecule has 146 valence electrons. The molecule has 0 aromatic heterocycles. The summed E-state index contributed by atoms with van der Waals surface area (Å²) < 4.78 is 4.98. The van der Waals surface area contributed by atoms with Crippen molar-refractivity contribution in [3.05, 3.63) is 89.1 Å². The van der Waals surface area contributed by atoms with E-state index in [0.717, 1.165) is 11.1 Å². The van der Waals surface area contributed by atoms with Gasteiger partial charge < -0.3 is 15.4 Å². The Bertz CT molecular complexity index is 825. The molecule has 28 heavy (non-hydrogen) atoms. The van der Waals surface area contributed by atoms with Crippen molar-refractivity contribution in [3.63, 3.8) is 0 Å². The van der Waals surface area contributed by atoms with Crippen LogP contribution in [0.15, 0.2) is 72.4 Å². The SMILES string of the molecule is COCCCNC(=O)/C(=C\C=C/c1ccccc1)NC(=O)c1ccc(C)cc1. The zero-order valence-electron chi connectivity index (χ0n) is 16.3. The predicted octanol–water partition coefficient (Wildman–Crippen LogP) is 3.47. The van der Waals surface area contributed by atoms with E-state index in [1.54, 1.807) is 31.4 Å². The van der Waals surface area contributed by atoms with Gasteiger partial charge in [-0.05, 0) is 37.1 Å². The molecule has 2 rings (SSSR count). The molecule has 0 atom stereocenters. The van der Waals surface area contributed by atoms with Crippen LogP contribution in [0.3, 0.4) is 0 Å². The summed E-state index contributed by atoms with van der Waals surface area (Å²) in [7, 11) is 1.61. The minimum absolute atomic E-state index is 0.190. The standard InChI is InChI=1S/C23H26N2O3/c1-18-12-14-20(15-13-18)22(26)25-21(23(27)24-16-7-17-28-2)11-6-10-19-8-4-3-5-9-19/h3-6,8-15H,7,16-17H2,1-2H3,(H,24,27)(H,25,26)/b10-6-,21-11+. The summed E-state index contributed by atoms with van der Waals surface area (Å²) in [6, 6.07) is 16.9. The Kier molecular flexibility index (Phi) is 8.69. The van der Waals surface area contributed by atoms with Crippen LogP contribution in [0.5, 0.6) is 0 Å². The number of allylic oxidation sites excluding steroid dienone is 2. The third kappa shape index (κ3) is 7.21. The van der Waals surface area contributed by atoms with E-state index in [-0.39, 0.29) is 17.5 Å². The van der Waals surface area contributed by atoms with Gasteiger partial charge in [0.15, 0.2) is 0 Å². The fourth-order valence-electron chi connectivity index (χ4n) is 2.41. The molecule has 0 radical (unpaired) electrons. The van der Waals surface area contributed by atoms with E-state index in [2.05, 4.69) is 10.6 Å². The Morgan fingerprint density at radius 2 is 1.75 bits per heavy atom. The van der Waals surface area contributed by atoms with Crippen molar-refractivity contribution in [1.29, 1.82) is 0 Å². The van der Waals surface area contributed by atoms with Crippen LogP contribution in [-0.2, 0) is 9.53 Å². The Labute approximate surface area is 166 Å². The van der Waals surface area contributed by atoms with Crippen molar-refractivity contribution >= 4 is 17.9 Å². The molecular formula is C23H26N2O3. The van der Waals surface area contributed by atoms with Crippen LogP contribution >= 0.6 is 0 Å². The summed E-state index contributed by atoms with van der Waals surface area (Å²) in [6.07, 6.45) is 5.91. The van der Waals surface area contributed by atoms with E-state index >= 15 is 0 Å². The first-order valence-electron chi connectivity index (χ1n) is 9.18. The second kappa shape index (κ2) is 11.5. The molecule has 0 aliphatic carbocycles. The van der Waals surface area contributed by atoms with Crippen molar-refractivity contribution in [2.24, 2.45) is 0 Å².